The number of rotatable bonds is 11. The van der Waals surface area contributed by atoms with Gasteiger partial charge in [0, 0.05) is 25.9 Å². The molecule has 0 fully saturated rings. The summed E-state index contributed by atoms with van der Waals surface area (Å²) in [7, 11) is 0. The monoisotopic (exact) mass is 413 g/mol. The molecule has 1 heterocycles. The van der Waals surface area contributed by atoms with Crippen LogP contribution >= 0.6 is 11.6 Å². The van der Waals surface area contributed by atoms with E-state index in [0.29, 0.717) is 24.6 Å². The lowest BCUT2D eigenvalue weighted by Gasteiger charge is -2.11. The van der Waals surface area contributed by atoms with Crippen molar-refractivity contribution in [2.24, 2.45) is 0 Å². The minimum absolute atomic E-state index is 0.0945. The summed E-state index contributed by atoms with van der Waals surface area (Å²) in [6.45, 7) is 4.07. The number of hydrogen-bond donors (Lipinski definition) is 1. The fraction of sp³-hybridized carbons (Fsp3) is 0.391. The second-order valence-electron chi connectivity index (χ2n) is 6.96. The summed E-state index contributed by atoms with van der Waals surface area (Å²) in [4.78, 5) is 16.2. The fourth-order valence-corrected chi connectivity index (χ4v) is 3.47. The van der Waals surface area contributed by atoms with Gasteiger partial charge < -0.3 is 14.6 Å². The van der Waals surface area contributed by atoms with Gasteiger partial charge >= 0.3 is 0 Å². The first kappa shape index (κ1) is 21.2. The summed E-state index contributed by atoms with van der Waals surface area (Å²) >= 11 is 6.13. The van der Waals surface area contributed by atoms with Crippen LogP contribution in [0.4, 0.5) is 0 Å². The van der Waals surface area contributed by atoms with Crippen molar-refractivity contribution in [3.05, 3.63) is 59.4 Å². The highest BCUT2D eigenvalue weighted by atomic mass is 35.5. The molecule has 0 radical (unpaired) electrons. The number of hydrogen-bond acceptors (Lipinski definition) is 3. The molecule has 0 spiro atoms. The Morgan fingerprint density at radius 1 is 1.10 bits per heavy atom. The van der Waals surface area contributed by atoms with Crippen molar-refractivity contribution in [1.82, 2.24) is 14.9 Å². The van der Waals surface area contributed by atoms with Gasteiger partial charge in [0.25, 0.3) is 0 Å². The van der Waals surface area contributed by atoms with Crippen LogP contribution in [0.3, 0.4) is 0 Å². The summed E-state index contributed by atoms with van der Waals surface area (Å²) in [5.41, 5.74) is 2.18. The van der Waals surface area contributed by atoms with Crippen LogP contribution in [0.1, 0.15) is 38.4 Å². The third-order valence-corrected chi connectivity index (χ3v) is 5.14. The highest BCUT2D eigenvalue weighted by Crippen LogP contribution is 2.23. The minimum Gasteiger partial charge on any atom is -0.492 e. The SMILES string of the molecule is CCC(=O)NCCCc1nc2ccccc2n1CCCCOc1ccccc1Cl. The number of fused-ring (bicyclic) bond motifs is 1. The number of para-hydroxylation sites is 3. The Hall–Kier alpha value is -2.53. The van der Waals surface area contributed by atoms with E-state index in [1.165, 1.54) is 0 Å². The van der Waals surface area contributed by atoms with Gasteiger partial charge in [-0.25, -0.2) is 4.98 Å². The first-order valence-electron chi connectivity index (χ1n) is 10.3. The molecule has 29 heavy (non-hydrogen) atoms. The quantitative estimate of drug-likeness (QED) is 0.449. The summed E-state index contributed by atoms with van der Waals surface area (Å²) in [5, 5.41) is 3.58. The zero-order valence-electron chi connectivity index (χ0n) is 16.9. The van der Waals surface area contributed by atoms with Crippen LogP contribution in [0, 0.1) is 0 Å². The molecule has 0 atom stereocenters. The number of imidazole rings is 1. The maximum absolute atomic E-state index is 11.4. The number of amides is 1. The molecule has 0 aliphatic rings. The maximum Gasteiger partial charge on any atom is 0.219 e. The van der Waals surface area contributed by atoms with Crippen molar-refractivity contribution in [3.63, 3.8) is 0 Å². The second-order valence-corrected chi connectivity index (χ2v) is 7.37. The number of halogens is 1. The Morgan fingerprint density at radius 2 is 1.90 bits per heavy atom. The molecule has 0 bridgehead atoms. The predicted octanol–water partition coefficient (Wildman–Crippen LogP) is 5.01. The van der Waals surface area contributed by atoms with E-state index in [4.69, 9.17) is 21.3 Å². The lowest BCUT2D eigenvalue weighted by atomic mass is 10.2. The molecule has 154 valence electrons. The summed E-state index contributed by atoms with van der Waals surface area (Å²) < 4.78 is 8.09. The standard InChI is InChI=1S/C23H28ClN3O2/c1-2-23(28)25-15-9-14-22-26-19-11-4-5-12-20(19)27(22)16-7-8-17-29-21-13-6-3-10-18(21)24/h3-6,10-13H,2,7-9,14-17H2,1H3,(H,25,28). The van der Waals surface area contributed by atoms with Crippen LogP contribution in [-0.4, -0.2) is 28.6 Å². The van der Waals surface area contributed by atoms with Crippen LogP contribution < -0.4 is 10.1 Å². The fourth-order valence-electron chi connectivity index (χ4n) is 3.28. The number of aryl methyl sites for hydroxylation is 2. The van der Waals surface area contributed by atoms with Crippen LogP contribution in [0.15, 0.2) is 48.5 Å². The maximum atomic E-state index is 11.4. The highest BCUT2D eigenvalue weighted by molar-refractivity contribution is 6.32. The van der Waals surface area contributed by atoms with Crippen molar-refractivity contribution in [1.29, 1.82) is 0 Å². The molecule has 5 nitrogen and oxygen atoms in total. The minimum atomic E-state index is 0.0945. The summed E-state index contributed by atoms with van der Waals surface area (Å²) in [6, 6.07) is 15.8. The average molecular weight is 414 g/mol. The summed E-state index contributed by atoms with van der Waals surface area (Å²) in [6.07, 6.45) is 4.17. The van der Waals surface area contributed by atoms with Gasteiger partial charge in [-0.2, -0.15) is 0 Å². The highest BCUT2D eigenvalue weighted by Gasteiger charge is 2.10. The zero-order chi connectivity index (χ0) is 20.5. The van der Waals surface area contributed by atoms with Gasteiger partial charge in [0.1, 0.15) is 11.6 Å². The molecule has 3 rings (SSSR count). The van der Waals surface area contributed by atoms with E-state index in [1.54, 1.807) is 0 Å². The molecule has 0 aliphatic carbocycles. The Labute approximate surface area is 177 Å². The van der Waals surface area contributed by atoms with E-state index in [0.717, 1.165) is 54.8 Å². The largest absolute Gasteiger partial charge is 0.492 e. The van der Waals surface area contributed by atoms with Gasteiger partial charge in [-0.05, 0) is 43.5 Å². The van der Waals surface area contributed by atoms with Crippen LogP contribution in [0.25, 0.3) is 11.0 Å². The van der Waals surface area contributed by atoms with Gasteiger partial charge in [0.15, 0.2) is 0 Å². The average Bonchev–Trinajstić information content (AvgIpc) is 3.09. The van der Waals surface area contributed by atoms with E-state index < -0.39 is 0 Å². The van der Waals surface area contributed by atoms with Crippen molar-refractivity contribution in [2.75, 3.05) is 13.2 Å². The van der Waals surface area contributed by atoms with E-state index in [9.17, 15) is 4.79 Å². The molecule has 1 aromatic heterocycles. The third-order valence-electron chi connectivity index (χ3n) is 4.82. The molecular formula is C23H28ClN3O2. The van der Waals surface area contributed by atoms with Crippen molar-refractivity contribution in [2.45, 2.75) is 45.6 Å². The van der Waals surface area contributed by atoms with Crippen LogP contribution in [-0.2, 0) is 17.8 Å². The molecule has 1 N–H and O–H groups in total. The zero-order valence-corrected chi connectivity index (χ0v) is 17.6. The number of aromatic nitrogens is 2. The number of nitrogens with one attached hydrogen (secondary N) is 1. The number of nitrogens with zero attached hydrogens (tertiary/aromatic N) is 2. The van der Waals surface area contributed by atoms with Crippen molar-refractivity contribution < 1.29 is 9.53 Å². The molecule has 0 aliphatic heterocycles. The van der Waals surface area contributed by atoms with E-state index in [2.05, 4.69) is 22.0 Å². The topological polar surface area (TPSA) is 56.2 Å². The number of carbonyl (C=O) groups excluding carboxylic acids is 1. The number of ether oxygens (including phenoxy) is 1. The van der Waals surface area contributed by atoms with Crippen molar-refractivity contribution >= 4 is 28.5 Å². The lowest BCUT2D eigenvalue weighted by Crippen LogP contribution is -2.23. The smallest absolute Gasteiger partial charge is 0.219 e. The number of benzene rings is 2. The molecular weight excluding hydrogens is 386 g/mol. The molecule has 0 unspecified atom stereocenters. The van der Waals surface area contributed by atoms with Gasteiger partial charge in [-0.1, -0.05) is 42.8 Å². The van der Waals surface area contributed by atoms with Crippen molar-refractivity contribution in [3.8, 4) is 5.75 Å². The van der Waals surface area contributed by atoms with E-state index in [-0.39, 0.29) is 5.91 Å². The summed E-state index contributed by atoms with van der Waals surface area (Å²) in [5.74, 6) is 1.90. The second kappa shape index (κ2) is 10.9. The van der Waals surface area contributed by atoms with Gasteiger partial charge in [0.2, 0.25) is 5.91 Å². The molecule has 6 heteroatoms. The first-order valence-corrected chi connectivity index (χ1v) is 10.6. The van der Waals surface area contributed by atoms with E-state index >= 15 is 0 Å². The molecule has 2 aromatic carbocycles. The lowest BCUT2D eigenvalue weighted by molar-refractivity contribution is -0.120. The third kappa shape index (κ3) is 5.97. The van der Waals surface area contributed by atoms with Gasteiger partial charge in [-0.3, -0.25) is 4.79 Å². The van der Waals surface area contributed by atoms with Crippen LogP contribution in [0.5, 0.6) is 5.75 Å². The predicted molar refractivity (Wildman–Crippen MR) is 118 cm³/mol. The molecule has 0 saturated heterocycles. The Bertz CT molecular complexity index is 939. The normalized spacial score (nSPS) is 11.0. The molecule has 0 saturated carbocycles. The van der Waals surface area contributed by atoms with Crippen LogP contribution in [0.2, 0.25) is 5.02 Å². The van der Waals surface area contributed by atoms with Gasteiger partial charge in [0.05, 0.1) is 22.7 Å². The molecule has 1 amide bonds. The number of carbonyl (C=O) groups is 1. The Kier molecular flexibility index (Phi) is 7.94. The first-order chi connectivity index (χ1) is 14.2. The van der Waals surface area contributed by atoms with E-state index in [1.807, 2.05) is 43.3 Å². The van der Waals surface area contributed by atoms with Gasteiger partial charge in [-0.15, -0.1) is 0 Å². The Morgan fingerprint density at radius 3 is 2.72 bits per heavy atom. The Balaban J connectivity index is 1.54. The molecule has 3 aromatic rings. The number of unbranched alkanes of at least 4 members (excludes halogenated alkanes) is 1.